The van der Waals surface area contributed by atoms with Gasteiger partial charge in [-0.05, 0) is 43.0 Å². The number of nitrogens with zero attached hydrogens (tertiary/aromatic N) is 1. The molecule has 0 saturated carbocycles. The molecule has 3 heteroatoms. The van der Waals surface area contributed by atoms with E-state index in [4.69, 9.17) is 0 Å². The van der Waals surface area contributed by atoms with E-state index in [1.54, 1.807) is 0 Å². The maximum atomic E-state index is 12.1. The lowest BCUT2D eigenvalue weighted by Gasteiger charge is -2.25. The van der Waals surface area contributed by atoms with Crippen molar-refractivity contribution in [2.45, 2.75) is 39.3 Å². The number of rotatable bonds is 1. The molecule has 1 fully saturated rings. The minimum Gasteiger partial charge on any atom is -0.312 e. The second kappa shape index (κ2) is 4.39. The van der Waals surface area contributed by atoms with Crippen molar-refractivity contribution in [3.63, 3.8) is 0 Å². The van der Waals surface area contributed by atoms with Crippen LogP contribution in [0.2, 0.25) is 0 Å². The van der Waals surface area contributed by atoms with E-state index in [2.05, 4.69) is 30.4 Å². The quantitative estimate of drug-likeness (QED) is 0.820. The first-order valence-electron chi connectivity index (χ1n) is 6.81. The Kier molecular flexibility index (Phi) is 2.86. The summed E-state index contributed by atoms with van der Waals surface area (Å²) < 4.78 is 0. The highest BCUT2D eigenvalue weighted by Crippen LogP contribution is 2.28. The normalized spacial score (nSPS) is 27.4. The first kappa shape index (κ1) is 11.7. The van der Waals surface area contributed by atoms with Crippen LogP contribution in [0.15, 0.2) is 18.2 Å². The van der Waals surface area contributed by atoms with Gasteiger partial charge in [0.15, 0.2) is 0 Å². The third-order valence-electron chi connectivity index (χ3n) is 4.14. The van der Waals surface area contributed by atoms with Crippen molar-refractivity contribution in [1.82, 2.24) is 5.32 Å². The number of hydrogen-bond donors (Lipinski definition) is 1. The Morgan fingerprint density at radius 1 is 1.28 bits per heavy atom. The zero-order valence-electron chi connectivity index (χ0n) is 11.1. The molecule has 2 atom stereocenters. The highest BCUT2D eigenvalue weighted by molar-refractivity contribution is 5.97. The van der Waals surface area contributed by atoms with Gasteiger partial charge in [-0.3, -0.25) is 4.79 Å². The molecule has 0 bridgehead atoms. The summed E-state index contributed by atoms with van der Waals surface area (Å²) in [6.45, 7) is 6.04. The maximum absolute atomic E-state index is 12.1. The summed E-state index contributed by atoms with van der Waals surface area (Å²) in [7, 11) is 0. The molecule has 0 spiro atoms. The number of benzene rings is 1. The molecular formula is C15H20N2O. The van der Waals surface area contributed by atoms with Gasteiger partial charge in [0.2, 0.25) is 5.91 Å². The van der Waals surface area contributed by atoms with Crippen molar-refractivity contribution in [3.8, 4) is 0 Å². The fourth-order valence-corrected chi connectivity index (χ4v) is 2.91. The molecule has 1 N–H and O–H groups in total. The molecule has 1 saturated heterocycles. The molecule has 0 aliphatic carbocycles. The summed E-state index contributed by atoms with van der Waals surface area (Å²) in [6, 6.07) is 7.00. The highest BCUT2D eigenvalue weighted by Gasteiger charge is 2.29. The molecular weight excluding hydrogens is 224 g/mol. The highest BCUT2D eigenvalue weighted by atomic mass is 16.2. The number of carbonyl (C=O) groups is 1. The topological polar surface area (TPSA) is 32.3 Å². The van der Waals surface area contributed by atoms with Crippen LogP contribution in [-0.4, -0.2) is 18.5 Å². The smallest absolute Gasteiger partial charge is 0.229 e. The number of anilines is 1. The van der Waals surface area contributed by atoms with Crippen LogP contribution >= 0.6 is 0 Å². The zero-order chi connectivity index (χ0) is 12.7. The van der Waals surface area contributed by atoms with Gasteiger partial charge in [-0.2, -0.15) is 0 Å². The lowest BCUT2D eigenvalue weighted by molar-refractivity contribution is -0.119. The number of hydrogen-bond acceptors (Lipinski definition) is 2. The van der Waals surface area contributed by atoms with Gasteiger partial charge in [-0.25, -0.2) is 0 Å². The molecule has 2 heterocycles. The van der Waals surface area contributed by atoms with Crippen LogP contribution in [0.4, 0.5) is 5.69 Å². The minimum absolute atomic E-state index is 0.182. The number of carbonyl (C=O) groups excluding carboxylic acids is 1. The van der Waals surface area contributed by atoms with Crippen LogP contribution < -0.4 is 10.2 Å². The summed E-state index contributed by atoms with van der Waals surface area (Å²) in [5, 5.41) is 3.46. The number of nitrogens with one attached hydrogen (secondary N) is 1. The van der Waals surface area contributed by atoms with E-state index >= 15 is 0 Å². The number of fused-ring (bicyclic) bond motifs is 1. The summed E-state index contributed by atoms with van der Waals surface area (Å²) in [5.41, 5.74) is 3.85. The summed E-state index contributed by atoms with van der Waals surface area (Å²) in [4.78, 5) is 14.0. The van der Waals surface area contributed by atoms with Gasteiger partial charge >= 0.3 is 0 Å². The van der Waals surface area contributed by atoms with E-state index in [1.165, 1.54) is 11.1 Å². The van der Waals surface area contributed by atoms with Crippen LogP contribution in [-0.2, 0) is 17.8 Å². The monoisotopic (exact) mass is 244 g/mol. The second-order valence-corrected chi connectivity index (χ2v) is 5.62. The van der Waals surface area contributed by atoms with Crippen LogP contribution in [0.5, 0.6) is 0 Å². The molecule has 0 aromatic heterocycles. The predicted molar refractivity (Wildman–Crippen MR) is 72.6 cm³/mol. The van der Waals surface area contributed by atoms with Gasteiger partial charge in [0, 0.05) is 30.7 Å². The third-order valence-corrected chi connectivity index (χ3v) is 4.14. The summed E-state index contributed by atoms with van der Waals surface area (Å²) in [5.74, 6) is 0.457. The van der Waals surface area contributed by atoms with Crippen molar-refractivity contribution < 1.29 is 4.79 Å². The Labute approximate surface area is 108 Å². The fraction of sp³-hybridized carbons (Fsp3) is 0.533. The van der Waals surface area contributed by atoms with Gasteiger partial charge in [0.05, 0.1) is 0 Å². The SMILES string of the molecule is C[C@H]1Cc2cc(N3CC[C@H](C)C3=O)ccc2CN1. The Morgan fingerprint density at radius 2 is 2.11 bits per heavy atom. The molecule has 96 valence electrons. The average Bonchev–Trinajstić information content (AvgIpc) is 2.69. The Hall–Kier alpha value is -1.35. The van der Waals surface area contributed by atoms with Gasteiger partial charge in [0.1, 0.15) is 0 Å². The van der Waals surface area contributed by atoms with Crippen molar-refractivity contribution in [1.29, 1.82) is 0 Å². The molecule has 3 nitrogen and oxygen atoms in total. The molecule has 1 amide bonds. The Morgan fingerprint density at radius 3 is 2.83 bits per heavy atom. The molecule has 18 heavy (non-hydrogen) atoms. The largest absolute Gasteiger partial charge is 0.312 e. The number of amides is 1. The average molecular weight is 244 g/mol. The Balaban J connectivity index is 1.90. The molecule has 1 aromatic carbocycles. The van der Waals surface area contributed by atoms with E-state index in [9.17, 15) is 4.79 Å². The summed E-state index contributed by atoms with van der Waals surface area (Å²) >= 11 is 0. The van der Waals surface area contributed by atoms with Crippen LogP contribution in [0, 0.1) is 5.92 Å². The van der Waals surface area contributed by atoms with E-state index in [1.807, 2.05) is 11.8 Å². The predicted octanol–water partition coefficient (Wildman–Crippen LogP) is 2.09. The summed E-state index contributed by atoms with van der Waals surface area (Å²) in [6.07, 6.45) is 2.04. The van der Waals surface area contributed by atoms with Crippen molar-refractivity contribution >= 4 is 11.6 Å². The lowest BCUT2D eigenvalue weighted by atomic mass is 9.96. The van der Waals surface area contributed by atoms with E-state index in [0.29, 0.717) is 6.04 Å². The van der Waals surface area contributed by atoms with Gasteiger partial charge in [0.25, 0.3) is 0 Å². The molecule has 0 unspecified atom stereocenters. The standard InChI is InChI=1S/C15H20N2O/c1-10-5-6-17(15(10)18)14-4-3-12-9-16-11(2)7-13(12)8-14/h3-4,8,10-11,16H,5-7,9H2,1-2H3/t10-,11-/m0/s1. The van der Waals surface area contributed by atoms with Crippen molar-refractivity contribution in [2.75, 3.05) is 11.4 Å². The Bertz CT molecular complexity index is 483. The molecule has 3 rings (SSSR count). The van der Waals surface area contributed by atoms with Crippen LogP contribution in [0.25, 0.3) is 0 Å². The van der Waals surface area contributed by atoms with Crippen LogP contribution in [0.3, 0.4) is 0 Å². The van der Waals surface area contributed by atoms with Gasteiger partial charge in [-0.1, -0.05) is 13.0 Å². The van der Waals surface area contributed by atoms with Gasteiger partial charge < -0.3 is 10.2 Å². The molecule has 2 aliphatic rings. The van der Waals surface area contributed by atoms with Crippen molar-refractivity contribution in [2.24, 2.45) is 5.92 Å². The van der Waals surface area contributed by atoms with E-state index < -0.39 is 0 Å². The lowest BCUT2D eigenvalue weighted by Crippen LogP contribution is -2.33. The minimum atomic E-state index is 0.182. The van der Waals surface area contributed by atoms with Crippen molar-refractivity contribution in [3.05, 3.63) is 29.3 Å². The first-order chi connectivity index (χ1) is 8.65. The molecule has 1 aromatic rings. The fourth-order valence-electron chi connectivity index (χ4n) is 2.91. The van der Waals surface area contributed by atoms with Crippen LogP contribution in [0.1, 0.15) is 31.4 Å². The van der Waals surface area contributed by atoms with E-state index in [0.717, 1.165) is 31.6 Å². The van der Waals surface area contributed by atoms with E-state index in [-0.39, 0.29) is 11.8 Å². The molecule has 0 radical (unpaired) electrons. The second-order valence-electron chi connectivity index (χ2n) is 5.62. The zero-order valence-corrected chi connectivity index (χ0v) is 11.1. The maximum Gasteiger partial charge on any atom is 0.229 e. The first-order valence-corrected chi connectivity index (χ1v) is 6.81. The van der Waals surface area contributed by atoms with Gasteiger partial charge in [-0.15, -0.1) is 0 Å². The third kappa shape index (κ3) is 1.93. The molecule has 2 aliphatic heterocycles.